The summed E-state index contributed by atoms with van der Waals surface area (Å²) in [7, 11) is -3.50. The third kappa shape index (κ3) is 2.46. The lowest BCUT2D eigenvalue weighted by Gasteiger charge is -2.46. The van der Waals surface area contributed by atoms with Crippen molar-refractivity contribution in [3.63, 3.8) is 0 Å². The second-order valence-electron chi connectivity index (χ2n) is 4.97. The van der Waals surface area contributed by atoms with Gasteiger partial charge >= 0.3 is 5.97 Å². The zero-order chi connectivity index (χ0) is 13.4. The molecule has 1 saturated heterocycles. The van der Waals surface area contributed by atoms with E-state index in [0.29, 0.717) is 13.1 Å². The van der Waals surface area contributed by atoms with E-state index in [1.807, 2.05) is 13.8 Å². The average Bonchev–Trinajstić information content (AvgIpc) is 2.12. The summed E-state index contributed by atoms with van der Waals surface area (Å²) < 4.78 is 26.2. The Morgan fingerprint density at radius 3 is 2.29 bits per heavy atom. The Kier molecular flexibility index (Phi) is 3.85. The van der Waals surface area contributed by atoms with Crippen molar-refractivity contribution in [3.05, 3.63) is 0 Å². The van der Waals surface area contributed by atoms with E-state index in [0.717, 1.165) is 0 Å². The quantitative estimate of drug-likeness (QED) is 0.786. The van der Waals surface area contributed by atoms with E-state index in [4.69, 9.17) is 5.11 Å². The van der Waals surface area contributed by atoms with E-state index >= 15 is 0 Å². The van der Waals surface area contributed by atoms with Crippen LogP contribution in [0.15, 0.2) is 0 Å². The maximum absolute atomic E-state index is 12.4. The maximum Gasteiger partial charge on any atom is 0.317 e. The number of hydrogen-bond donors (Lipinski definition) is 1. The molecule has 1 fully saturated rings. The van der Waals surface area contributed by atoms with Crippen LogP contribution in [0.4, 0.5) is 0 Å². The molecule has 0 unspecified atom stereocenters. The Bertz CT molecular complexity index is 403. The number of rotatable bonds is 3. The molecule has 0 atom stereocenters. The summed E-state index contributed by atoms with van der Waals surface area (Å²) in [5.74, 6) is -1.01. The summed E-state index contributed by atoms with van der Waals surface area (Å²) in [5.41, 5.74) is 0. The summed E-state index contributed by atoms with van der Waals surface area (Å²) >= 11 is 0. The first kappa shape index (κ1) is 14.4. The molecule has 0 aliphatic carbocycles. The second kappa shape index (κ2) is 4.55. The fourth-order valence-electron chi connectivity index (χ4n) is 2.03. The van der Waals surface area contributed by atoms with E-state index in [9.17, 15) is 13.2 Å². The predicted octanol–water partition coefficient (Wildman–Crippen LogP) is 0.163. The molecular formula is C10H20N2O4S. The first-order valence-electron chi connectivity index (χ1n) is 5.59. The van der Waals surface area contributed by atoms with Gasteiger partial charge in [0.25, 0.3) is 0 Å². The van der Waals surface area contributed by atoms with Crippen LogP contribution in [0, 0.1) is 0 Å². The van der Waals surface area contributed by atoms with Gasteiger partial charge in [0.2, 0.25) is 10.0 Å². The van der Waals surface area contributed by atoms with Gasteiger partial charge in [-0.15, -0.1) is 0 Å². The summed E-state index contributed by atoms with van der Waals surface area (Å²) in [4.78, 5) is 11.0. The van der Waals surface area contributed by atoms with Gasteiger partial charge in [-0.05, 0) is 27.7 Å². The number of aliphatic carboxylic acids is 1. The molecule has 100 valence electrons. The molecule has 1 rings (SSSR count). The molecule has 0 saturated carbocycles. The molecule has 7 heteroatoms. The van der Waals surface area contributed by atoms with Gasteiger partial charge in [0.15, 0.2) is 0 Å². The van der Waals surface area contributed by atoms with Crippen LogP contribution < -0.4 is 0 Å². The number of carboxylic acid groups (broad SMARTS) is 1. The van der Waals surface area contributed by atoms with E-state index in [1.54, 1.807) is 13.8 Å². The SMILES string of the molecule is CC(C)N1CCN(CC(=O)O)C(C)(C)S1(=O)=O. The van der Waals surface area contributed by atoms with Gasteiger partial charge in [-0.1, -0.05) is 0 Å². The van der Waals surface area contributed by atoms with Crippen LogP contribution >= 0.6 is 0 Å². The van der Waals surface area contributed by atoms with Crippen molar-refractivity contribution in [2.45, 2.75) is 38.6 Å². The van der Waals surface area contributed by atoms with E-state index in [2.05, 4.69) is 0 Å². The summed E-state index contributed by atoms with van der Waals surface area (Å²) in [6.45, 7) is 7.28. The van der Waals surface area contributed by atoms with Crippen LogP contribution in [-0.4, -0.2) is 59.2 Å². The van der Waals surface area contributed by atoms with E-state index in [-0.39, 0.29) is 12.6 Å². The Balaban J connectivity index is 3.06. The molecule has 1 aliphatic rings. The van der Waals surface area contributed by atoms with Crippen LogP contribution in [0.2, 0.25) is 0 Å². The van der Waals surface area contributed by atoms with Crippen molar-refractivity contribution in [2.24, 2.45) is 0 Å². The molecule has 0 aromatic rings. The Hall–Kier alpha value is -0.660. The van der Waals surface area contributed by atoms with Crippen LogP contribution in [0.25, 0.3) is 0 Å². The first-order valence-corrected chi connectivity index (χ1v) is 7.03. The number of carbonyl (C=O) groups is 1. The van der Waals surface area contributed by atoms with Crippen molar-refractivity contribution in [1.82, 2.24) is 9.21 Å². The van der Waals surface area contributed by atoms with E-state index < -0.39 is 20.9 Å². The Morgan fingerprint density at radius 2 is 1.88 bits per heavy atom. The van der Waals surface area contributed by atoms with Crippen LogP contribution in [0.1, 0.15) is 27.7 Å². The zero-order valence-electron chi connectivity index (χ0n) is 10.7. The highest BCUT2D eigenvalue weighted by molar-refractivity contribution is 7.90. The molecular weight excluding hydrogens is 244 g/mol. The fourth-order valence-corrected chi connectivity index (χ4v) is 3.96. The van der Waals surface area contributed by atoms with Gasteiger partial charge in [-0.25, -0.2) is 8.42 Å². The molecule has 1 heterocycles. The standard InChI is InChI=1S/C10H20N2O4S/c1-8(2)12-6-5-11(7-9(13)14)10(3,4)17(12,15)16/h8H,5-7H2,1-4H3,(H,13,14). The minimum atomic E-state index is -3.50. The lowest BCUT2D eigenvalue weighted by Crippen LogP contribution is -2.64. The number of hydrogen-bond acceptors (Lipinski definition) is 4. The third-order valence-electron chi connectivity index (χ3n) is 3.19. The molecule has 0 aromatic carbocycles. The van der Waals surface area contributed by atoms with Crippen molar-refractivity contribution in [2.75, 3.05) is 19.6 Å². The monoisotopic (exact) mass is 264 g/mol. The fraction of sp³-hybridized carbons (Fsp3) is 0.900. The highest BCUT2D eigenvalue weighted by Crippen LogP contribution is 2.30. The molecule has 6 nitrogen and oxygen atoms in total. The predicted molar refractivity (Wildman–Crippen MR) is 64.0 cm³/mol. The molecule has 0 spiro atoms. The molecule has 0 radical (unpaired) electrons. The average molecular weight is 264 g/mol. The Morgan fingerprint density at radius 1 is 1.35 bits per heavy atom. The summed E-state index contributed by atoms with van der Waals surface area (Å²) in [6, 6.07) is -0.105. The molecule has 1 N–H and O–H groups in total. The van der Waals surface area contributed by atoms with Gasteiger partial charge in [-0.3, -0.25) is 9.69 Å². The van der Waals surface area contributed by atoms with Crippen LogP contribution in [0.3, 0.4) is 0 Å². The van der Waals surface area contributed by atoms with Crippen molar-refractivity contribution in [3.8, 4) is 0 Å². The van der Waals surface area contributed by atoms with Crippen molar-refractivity contribution >= 4 is 16.0 Å². The minimum Gasteiger partial charge on any atom is -0.480 e. The van der Waals surface area contributed by atoms with Crippen LogP contribution in [0.5, 0.6) is 0 Å². The normalized spacial score (nSPS) is 25.0. The van der Waals surface area contributed by atoms with Gasteiger partial charge in [-0.2, -0.15) is 4.31 Å². The molecule has 1 aliphatic heterocycles. The second-order valence-corrected chi connectivity index (χ2v) is 7.39. The van der Waals surface area contributed by atoms with E-state index in [1.165, 1.54) is 9.21 Å². The number of sulfonamides is 1. The molecule has 17 heavy (non-hydrogen) atoms. The maximum atomic E-state index is 12.4. The highest BCUT2D eigenvalue weighted by atomic mass is 32.2. The minimum absolute atomic E-state index is 0.105. The lowest BCUT2D eigenvalue weighted by atomic mass is 10.3. The van der Waals surface area contributed by atoms with Crippen molar-refractivity contribution in [1.29, 1.82) is 0 Å². The number of nitrogens with zero attached hydrogens (tertiary/aromatic N) is 2. The third-order valence-corrected chi connectivity index (χ3v) is 5.94. The first-order chi connectivity index (χ1) is 7.60. The van der Waals surface area contributed by atoms with Gasteiger partial charge in [0, 0.05) is 19.1 Å². The highest BCUT2D eigenvalue weighted by Gasteiger charge is 2.48. The molecule has 0 aromatic heterocycles. The van der Waals surface area contributed by atoms with Gasteiger partial charge in [0.05, 0.1) is 6.54 Å². The van der Waals surface area contributed by atoms with Gasteiger partial charge < -0.3 is 5.11 Å². The molecule has 0 amide bonds. The van der Waals surface area contributed by atoms with Crippen LogP contribution in [-0.2, 0) is 14.8 Å². The molecule has 0 bridgehead atoms. The summed E-state index contributed by atoms with van der Waals surface area (Å²) in [5, 5.41) is 8.79. The lowest BCUT2D eigenvalue weighted by molar-refractivity contribution is -0.139. The topological polar surface area (TPSA) is 77.9 Å². The summed E-state index contributed by atoms with van der Waals surface area (Å²) in [6.07, 6.45) is 0. The largest absolute Gasteiger partial charge is 0.480 e. The van der Waals surface area contributed by atoms with Crippen molar-refractivity contribution < 1.29 is 18.3 Å². The smallest absolute Gasteiger partial charge is 0.317 e. The van der Waals surface area contributed by atoms with Gasteiger partial charge in [0.1, 0.15) is 4.87 Å². The Labute approximate surface area is 102 Å². The zero-order valence-corrected chi connectivity index (χ0v) is 11.5. The number of carboxylic acids is 1.